The number of amides is 1. The van der Waals surface area contributed by atoms with Crippen LogP contribution in [-0.4, -0.2) is 38.6 Å². The number of hydrogen-bond donors (Lipinski definition) is 1. The molecule has 150 valence electrons. The van der Waals surface area contributed by atoms with E-state index in [0.717, 1.165) is 9.75 Å². The van der Waals surface area contributed by atoms with Crippen LogP contribution in [0.25, 0.3) is 21.5 Å². The van der Waals surface area contributed by atoms with Gasteiger partial charge in [-0.3, -0.25) is 4.79 Å². The van der Waals surface area contributed by atoms with Crippen molar-refractivity contribution in [2.45, 2.75) is 32.2 Å². The average molecular weight is 419 g/mol. The molecule has 3 aromatic rings. The van der Waals surface area contributed by atoms with Gasteiger partial charge in [0.05, 0.1) is 21.7 Å². The fraction of sp³-hybridized carbons (Fsp3) is 0.250. The molecule has 0 spiro atoms. The summed E-state index contributed by atoms with van der Waals surface area (Å²) < 4.78 is 40.7. The molecule has 1 atom stereocenters. The van der Waals surface area contributed by atoms with Crippen LogP contribution < -0.4 is 0 Å². The van der Waals surface area contributed by atoms with E-state index in [2.05, 4.69) is 10.1 Å². The highest BCUT2D eigenvalue weighted by Gasteiger charge is 2.62. The van der Waals surface area contributed by atoms with E-state index in [1.54, 1.807) is 24.3 Å². The topological polar surface area (TPSA) is 65.8 Å². The predicted octanol–water partition coefficient (Wildman–Crippen LogP) is 4.74. The van der Waals surface area contributed by atoms with E-state index in [1.807, 2.05) is 19.1 Å². The number of fused-ring (bicyclic) bond motifs is 1. The van der Waals surface area contributed by atoms with E-state index in [1.165, 1.54) is 24.3 Å². The fourth-order valence-corrected chi connectivity index (χ4v) is 4.15. The third-order valence-corrected chi connectivity index (χ3v) is 5.73. The van der Waals surface area contributed by atoms with E-state index in [-0.39, 0.29) is 16.3 Å². The second-order valence-electron chi connectivity index (χ2n) is 6.93. The molecule has 2 aromatic heterocycles. The summed E-state index contributed by atoms with van der Waals surface area (Å²) in [6, 6.07) is 11.9. The number of rotatable bonds is 2. The second kappa shape index (κ2) is 6.64. The lowest BCUT2D eigenvalue weighted by Crippen LogP contribution is -2.56. The second-order valence-corrected chi connectivity index (χ2v) is 8.21. The SMILES string of the molecule is CC1=NN(C(=O)c2cc(-c3ccc(C)s3)nc3ccccc23)C(O)(C(F)(F)F)C1. The van der Waals surface area contributed by atoms with E-state index in [9.17, 15) is 23.1 Å². The Balaban J connectivity index is 1.89. The molecule has 1 N–H and O–H groups in total. The van der Waals surface area contributed by atoms with E-state index >= 15 is 0 Å². The van der Waals surface area contributed by atoms with Crippen LogP contribution >= 0.6 is 11.3 Å². The molecule has 1 amide bonds. The minimum absolute atomic E-state index is 0.00206. The van der Waals surface area contributed by atoms with Gasteiger partial charge >= 0.3 is 6.18 Å². The molecule has 9 heteroatoms. The lowest BCUT2D eigenvalue weighted by molar-refractivity contribution is -0.297. The number of para-hydroxylation sites is 1. The molecule has 0 fully saturated rings. The van der Waals surface area contributed by atoms with Gasteiger partial charge in [-0.1, -0.05) is 18.2 Å². The van der Waals surface area contributed by atoms with Gasteiger partial charge < -0.3 is 5.11 Å². The molecule has 0 bridgehead atoms. The molecule has 1 aliphatic rings. The lowest BCUT2D eigenvalue weighted by Gasteiger charge is -2.32. The van der Waals surface area contributed by atoms with Crippen molar-refractivity contribution in [1.29, 1.82) is 0 Å². The maximum Gasteiger partial charge on any atom is 0.438 e. The first-order chi connectivity index (χ1) is 13.6. The molecule has 1 aliphatic heterocycles. The number of hydrogen-bond acceptors (Lipinski definition) is 5. The van der Waals surface area contributed by atoms with Crippen LogP contribution in [0, 0.1) is 6.92 Å². The monoisotopic (exact) mass is 419 g/mol. The Labute approximate surface area is 168 Å². The fourth-order valence-electron chi connectivity index (χ4n) is 3.32. The Morgan fingerprint density at radius 2 is 1.93 bits per heavy atom. The minimum atomic E-state index is -5.06. The van der Waals surface area contributed by atoms with Crippen molar-refractivity contribution in [2.75, 3.05) is 0 Å². The van der Waals surface area contributed by atoms with Gasteiger partial charge in [0.15, 0.2) is 0 Å². The third-order valence-electron chi connectivity index (χ3n) is 4.71. The number of carbonyl (C=O) groups excluding carboxylic acids is 1. The largest absolute Gasteiger partial charge is 0.438 e. The summed E-state index contributed by atoms with van der Waals surface area (Å²) >= 11 is 1.46. The Bertz CT molecular complexity index is 1160. The van der Waals surface area contributed by atoms with E-state index in [0.29, 0.717) is 16.6 Å². The third kappa shape index (κ3) is 3.20. The number of aromatic nitrogens is 1. The number of carbonyl (C=O) groups is 1. The summed E-state index contributed by atoms with van der Waals surface area (Å²) in [5, 5.41) is 14.5. The van der Waals surface area contributed by atoms with Crippen molar-refractivity contribution < 1.29 is 23.1 Å². The highest BCUT2D eigenvalue weighted by molar-refractivity contribution is 7.15. The average Bonchev–Trinajstić information content (AvgIpc) is 3.23. The van der Waals surface area contributed by atoms with Gasteiger partial charge in [-0.05, 0) is 38.1 Å². The van der Waals surface area contributed by atoms with Gasteiger partial charge in [-0.2, -0.15) is 23.3 Å². The standard InChI is InChI=1S/C20H16F3N3O2S/c1-11-10-19(28,20(21,22)23)26(25-11)18(27)14-9-16(17-8-7-12(2)29-17)24-15-6-4-3-5-13(14)15/h3-9,28H,10H2,1-2H3. The van der Waals surface area contributed by atoms with Crippen LogP contribution in [0.2, 0.25) is 0 Å². The van der Waals surface area contributed by atoms with Gasteiger partial charge in [-0.15, -0.1) is 11.3 Å². The molecular weight excluding hydrogens is 403 g/mol. The molecule has 0 saturated heterocycles. The summed E-state index contributed by atoms with van der Waals surface area (Å²) in [6.45, 7) is 3.26. The van der Waals surface area contributed by atoms with Gasteiger partial charge in [0, 0.05) is 22.4 Å². The van der Waals surface area contributed by atoms with Crippen molar-refractivity contribution in [3.8, 4) is 10.6 Å². The Kier molecular flexibility index (Phi) is 4.47. The first-order valence-corrected chi connectivity index (χ1v) is 9.56. The molecule has 5 nitrogen and oxygen atoms in total. The molecule has 3 heterocycles. The van der Waals surface area contributed by atoms with E-state index in [4.69, 9.17) is 0 Å². The van der Waals surface area contributed by atoms with Crippen LogP contribution in [0.4, 0.5) is 13.2 Å². The molecule has 29 heavy (non-hydrogen) atoms. The quantitative estimate of drug-likeness (QED) is 0.652. The summed E-state index contributed by atoms with van der Waals surface area (Å²) in [4.78, 5) is 19.6. The number of aliphatic hydroxyl groups is 1. The van der Waals surface area contributed by atoms with E-state index < -0.39 is 24.2 Å². The van der Waals surface area contributed by atoms with Crippen LogP contribution in [0.5, 0.6) is 0 Å². The number of halogens is 3. The number of thiophene rings is 1. The number of alkyl halides is 3. The molecule has 0 aliphatic carbocycles. The zero-order valence-electron chi connectivity index (χ0n) is 15.5. The predicted molar refractivity (Wildman–Crippen MR) is 105 cm³/mol. The van der Waals surface area contributed by atoms with Crippen molar-refractivity contribution in [3.63, 3.8) is 0 Å². The highest BCUT2D eigenvalue weighted by Crippen LogP contribution is 2.41. The minimum Gasteiger partial charge on any atom is -0.362 e. The van der Waals surface area contributed by atoms with Crippen LogP contribution in [0.3, 0.4) is 0 Å². The number of pyridine rings is 1. The Morgan fingerprint density at radius 1 is 1.21 bits per heavy atom. The molecule has 1 aromatic carbocycles. The summed E-state index contributed by atoms with van der Waals surface area (Å²) in [5.74, 6) is -1.03. The molecule has 0 radical (unpaired) electrons. The molecule has 1 unspecified atom stereocenters. The van der Waals surface area contributed by atoms with Gasteiger partial charge in [0.1, 0.15) is 0 Å². The highest BCUT2D eigenvalue weighted by atomic mass is 32.1. The maximum absolute atomic E-state index is 13.6. The van der Waals surface area contributed by atoms with Crippen molar-refractivity contribution in [1.82, 2.24) is 9.99 Å². The van der Waals surface area contributed by atoms with Crippen molar-refractivity contribution in [2.24, 2.45) is 5.10 Å². The molecule has 0 saturated carbocycles. The van der Waals surface area contributed by atoms with Crippen molar-refractivity contribution in [3.05, 3.63) is 52.9 Å². The first-order valence-electron chi connectivity index (χ1n) is 8.74. The smallest absolute Gasteiger partial charge is 0.362 e. The number of benzene rings is 1. The maximum atomic E-state index is 13.6. The summed E-state index contributed by atoms with van der Waals surface area (Å²) in [6.07, 6.45) is -5.84. The summed E-state index contributed by atoms with van der Waals surface area (Å²) in [7, 11) is 0. The Hall–Kier alpha value is -2.78. The van der Waals surface area contributed by atoms with Gasteiger partial charge in [-0.25, -0.2) is 4.98 Å². The van der Waals surface area contributed by atoms with Crippen LogP contribution in [0.15, 0.2) is 47.6 Å². The first kappa shape index (κ1) is 19.5. The Morgan fingerprint density at radius 3 is 2.59 bits per heavy atom. The zero-order chi connectivity index (χ0) is 21.0. The number of hydrazone groups is 1. The summed E-state index contributed by atoms with van der Waals surface area (Å²) in [5.41, 5.74) is -2.42. The normalized spacial score (nSPS) is 19.7. The van der Waals surface area contributed by atoms with Gasteiger partial charge in [0.25, 0.3) is 11.6 Å². The number of nitrogens with zero attached hydrogens (tertiary/aromatic N) is 3. The molecular formula is C20H16F3N3O2S. The van der Waals surface area contributed by atoms with Crippen molar-refractivity contribution >= 4 is 33.9 Å². The molecule has 4 rings (SSSR count). The zero-order valence-corrected chi connectivity index (χ0v) is 16.3. The van der Waals surface area contributed by atoms with Gasteiger partial charge in [0.2, 0.25) is 0 Å². The number of aryl methyl sites for hydroxylation is 1. The van der Waals surface area contributed by atoms with Crippen LogP contribution in [-0.2, 0) is 0 Å². The van der Waals surface area contributed by atoms with Crippen LogP contribution in [0.1, 0.15) is 28.6 Å². The lowest BCUT2D eigenvalue weighted by atomic mass is 10.0.